The third kappa shape index (κ3) is 20.7. The van der Waals surface area contributed by atoms with Crippen molar-refractivity contribution in [2.24, 2.45) is 0 Å². The van der Waals surface area contributed by atoms with Crippen molar-refractivity contribution in [2.45, 2.75) is 38.5 Å². The van der Waals surface area contributed by atoms with Gasteiger partial charge in [0.25, 0.3) is 0 Å². The van der Waals surface area contributed by atoms with Gasteiger partial charge in [0, 0.05) is 75.4 Å². The van der Waals surface area contributed by atoms with E-state index < -0.39 is 14.2 Å². The van der Waals surface area contributed by atoms with Crippen LogP contribution >= 0.6 is 39.1 Å². The molecule has 0 fully saturated rings. The van der Waals surface area contributed by atoms with Gasteiger partial charge in [-0.05, 0) is 171 Å². The minimum atomic E-state index is -1.43. The number of hydrogen-bond acceptors (Lipinski definition) is 13. The van der Waals surface area contributed by atoms with Gasteiger partial charge in [-0.2, -0.15) is 0 Å². The molecule has 2 aliphatic rings. The van der Waals surface area contributed by atoms with E-state index in [-0.39, 0.29) is 34.8 Å². The largest absolute Gasteiger partial charge is 1.00 e. The molecule has 0 unspecified atom stereocenters. The molecule has 3 heterocycles. The maximum absolute atomic E-state index is 9.47. The maximum Gasteiger partial charge on any atom is 0.488 e. The highest BCUT2D eigenvalue weighted by Gasteiger charge is 2.39. The van der Waals surface area contributed by atoms with Gasteiger partial charge in [0.15, 0.2) is 52.4 Å². The van der Waals surface area contributed by atoms with E-state index in [4.69, 9.17) is 73.1 Å². The zero-order valence-electron chi connectivity index (χ0n) is 75.5. The van der Waals surface area contributed by atoms with Crippen LogP contribution in [0.15, 0.2) is 441 Å². The van der Waals surface area contributed by atoms with Gasteiger partial charge in [-0.25, -0.2) is 44.9 Å². The molecule has 23 rings (SSSR count). The molecule has 4 N–H and O–H groups in total. The first-order chi connectivity index (χ1) is 66.8. The number of fused-ring (bicyclic) bond motifs is 10. The molecular formula is C119H88B2BrCl2IN9O4-. The number of halogens is 4. The second kappa shape index (κ2) is 41.9. The molecule has 0 amide bonds. The Kier molecular flexibility index (Phi) is 28.4. The Labute approximate surface area is 838 Å². The molecule has 0 atom stereocenters. The maximum atomic E-state index is 9.47. The van der Waals surface area contributed by atoms with E-state index in [0.29, 0.717) is 73.4 Å². The normalized spacial score (nSPS) is 11.9. The lowest BCUT2D eigenvalue weighted by atomic mass is 9.75. The number of benzene rings is 18. The predicted molar refractivity (Wildman–Crippen MR) is 565 cm³/mol. The van der Waals surface area contributed by atoms with Crippen LogP contribution in [0.4, 0.5) is 0 Å². The summed E-state index contributed by atoms with van der Waals surface area (Å²) in [5.41, 5.74) is 26.5. The quantitative estimate of drug-likeness (QED) is 0.0593. The van der Waals surface area contributed by atoms with Crippen LogP contribution < -0.4 is 34.9 Å². The van der Waals surface area contributed by atoms with Crippen molar-refractivity contribution in [1.82, 2.24) is 44.9 Å². The Bertz CT molecular complexity index is 7810. The van der Waals surface area contributed by atoms with Gasteiger partial charge in [0.1, 0.15) is 0 Å². The molecular weight excluding hydrogens is 1920 g/mol. The molecule has 21 aromatic rings. The second-order valence-electron chi connectivity index (χ2n) is 34.4. The SMILES string of the molecule is Brc1cccc(-c2nc(-c3ccccc3)nc(-c3ccccc3)n2)c1.CC1(C)c2cc(-c3cccc(-c4cccc(-c5nc(-c6ccccc6)nc(-c6ccccc6)n5)c4)c3)ccc2-c2c1ccc1ccccc21.CC1(C)c2cc(B(O)O)ccc2-c2c1ccc1ccccc21.Clc1cccc(-c2cccc(-c3nc(-c4ccccc4)nc(-c4ccccc4)n3)c2)c1.OB(O)c1cccc(Cl)c1.[I-]. The summed E-state index contributed by atoms with van der Waals surface area (Å²) in [7, 11) is -2.86. The van der Waals surface area contributed by atoms with Crippen molar-refractivity contribution in [3.8, 4) is 158 Å². The van der Waals surface area contributed by atoms with E-state index in [1.54, 1.807) is 24.3 Å². The molecule has 3 aromatic heterocycles. The summed E-state index contributed by atoms with van der Waals surface area (Å²) >= 11 is 15.3. The predicted octanol–water partition coefficient (Wildman–Crippen LogP) is 24.3. The summed E-state index contributed by atoms with van der Waals surface area (Å²) in [6.45, 7) is 9.09. The minimum absolute atomic E-state index is 0. The summed E-state index contributed by atoms with van der Waals surface area (Å²) in [4.78, 5) is 43.2. The Morgan fingerprint density at radius 3 is 0.819 bits per heavy atom. The smallest absolute Gasteiger partial charge is 0.488 e. The molecule has 2 aliphatic carbocycles. The molecule has 0 bridgehead atoms. The molecule has 0 aliphatic heterocycles. The third-order valence-electron chi connectivity index (χ3n) is 24.7. The molecule has 19 heteroatoms. The van der Waals surface area contributed by atoms with Crippen LogP contribution in [0, 0.1) is 0 Å². The lowest BCUT2D eigenvalue weighted by Gasteiger charge is -2.22. The van der Waals surface area contributed by atoms with Gasteiger partial charge < -0.3 is 44.1 Å². The van der Waals surface area contributed by atoms with E-state index in [0.717, 1.165) is 82.4 Å². The summed E-state index contributed by atoms with van der Waals surface area (Å²) in [6.07, 6.45) is 0. The van der Waals surface area contributed by atoms with Crippen LogP contribution in [-0.2, 0) is 10.8 Å². The van der Waals surface area contributed by atoms with Crippen molar-refractivity contribution in [3.05, 3.63) is 474 Å². The monoisotopic (exact) mass is 2000 g/mol. The van der Waals surface area contributed by atoms with Gasteiger partial charge in [-0.1, -0.05) is 443 Å². The average molecular weight is 2010 g/mol. The van der Waals surface area contributed by atoms with Gasteiger partial charge in [-0.3, -0.25) is 0 Å². The summed E-state index contributed by atoms with van der Waals surface area (Å²) in [5.74, 6) is 5.91. The van der Waals surface area contributed by atoms with Gasteiger partial charge in [0.2, 0.25) is 0 Å². The topological polar surface area (TPSA) is 197 Å². The van der Waals surface area contributed by atoms with Crippen molar-refractivity contribution in [1.29, 1.82) is 0 Å². The molecule has 0 spiro atoms. The summed E-state index contributed by atoms with van der Waals surface area (Å²) in [6, 6.07) is 147. The van der Waals surface area contributed by atoms with Crippen LogP contribution in [0.5, 0.6) is 0 Å². The van der Waals surface area contributed by atoms with Crippen LogP contribution in [0.3, 0.4) is 0 Å². The number of nitrogens with zero attached hydrogens (tertiary/aromatic N) is 9. The molecule has 668 valence electrons. The number of aromatic nitrogens is 9. The molecule has 0 saturated heterocycles. The fourth-order valence-corrected chi connectivity index (χ4v) is 18.5. The zero-order valence-corrected chi connectivity index (χ0v) is 80.8. The number of hydrogen-bond donors (Lipinski definition) is 4. The molecule has 18 aromatic carbocycles. The molecule has 0 saturated carbocycles. The second-order valence-corrected chi connectivity index (χ2v) is 36.2. The van der Waals surface area contributed by atoms with Gasteiger partial charge in [0.05, 0.1) is 0 Å². The molecule has 13 nitrogen and oxygen atoms in total. The highest BCUT2D eigenvalue weighted by atomic mass is 127. The first kappa shape index (κ1) is 93.7. The molecule has 0 radical (unpaired) electrons. The minimum Gasteiger partial charge on any atom is -1.00 e. The van der Waals surface area contributed by atoms with Crippen molar-refractivity contribution >= 4 is 85.8 Å². The Morgan fingerprint density at radius 2 is 0.478 bits per heavy atom. The standard InChI is InChI=1S/C46H33N3.C27H18ClN3.C21H14BrN3.C19H17BO2.C6H6BClO2.HI/c1-46(2)40-26-24-30-13-9-10-22-38(30)42(40)39-25-23-36(29-41(39)46)34-19-11-18-33(27-34)35-20-12-21-37(28-35)45-48-43(31-14-5-3-6-15-31)47-44(49-45)32-16-7-4-8-17-32;28-24-16-8-14-22(18-24)21-13-7-15-23(17-21)27-30-25(19-9-3-1-4-10-19)29-26(31-27)20-11-5-2-6-12-20;22-18-13-7-12-17(14-18)21-24-19(15-8-3-1-4-9-15)23-20(25-21)16-10-5-2-6-11-16;1-19(2)16-10-7-12-5-3-4-6-14(12)18(16)15-9-8-13(20(21)22)11-17(15)19;8-6-3-1-2-5(4-6)7(9)10;/h3-29H,1-2H3;1-18H;1-14H;3-11,21-22H,1-2H3;1-4,9-10H;1H/p-1. The lowest BCUT2D eigenvalue weighted by Crippen LogP contribution is -3.00. The zero-order chi connectivity index (χ0) is 94.1. The number of rotatable bonds is 14. The van der Waals surface area contributed by atoms with Crippen molar-refractivity contribution in [3.63, 3.8) is 0 Å². The Balaban J connectivity index is 0.000000123. The molecule has 138 heavy (non-hydrogen) atoms. The first-order valence-electron chi connectivity index (χ1n) is 45.0. The van der Waals surface area contributed by atoms with Crippen molar-refractivity contribution < 1.29 is 44.1 Å². The average Bonchev–Trinajstić information content (AvgIpc) is 1.57. The van der Waals surface area contributed by atoms with Crippen LogP contribution in [0.25, 0.3) is 180 Å². The summed E-state index contributed by atoms with van der Waals surface area (Å²) in [5, 5.41) is 42.5. The highest BCUT2D eigenvalue weighted by molar-refractivity contribution is 9.10. The Morgan fingerprint density at radius 1 is 0.217 bits per heavy atom. The van der Waals surface area contributed by atoms with E-state index in [1.807, 2.05) is 255 Å². The summed E-state index contributed by atoms with van der Waals surface area (Å²) < 4.78 is 0.993. The lowest BCUT2D eigenvalue weighted by molar-refractivity contribution is -0.0000316. The fourth-order valence-electron chi connectivity index (χ4n) is 17.7. The van der Waals surface area contributed by atoms with E-state index in [9.17, 15) is 10.0 Å². The first-order valence-corrected chi connectivity index (χ1v) is 46.6. The third-order valence-corrected chi connectivity index (χ3v) is 25.7. The fraction of sp³-hybridized carbons (Fsp3) is 0.0504. The van der Waals surface area contributed by atoms with Crippen molar-refractivity contribution in [2.75, 3.05) is 0 Å². The van der Waals surface area contributed by atoms with E-state index >= 15 is 0 Å². The van der Waals surface area contributed by atoms with Gasteiger partial charge >= 0.3 is 14.2 Å². The Hall–Kier alpha value is -14.7. The van der Waals surface area contributed by atoms with Gasteiger partial charge in [-0.15, -0.1) is 0 Å². The van der Waals surface area contributed by atoms with E-state index in [2.05, 4.69) is 200 Å². The van der Waals surface area contributed by atoms with Crippen LogP contribution in [-0.4, -0.2) is 79.2 Å². The van der Waals surface area contributed by atoms with Crippen LogP contribution in [0.1, 0.15) is 49.9 Å². The van der Waals surface area contributed by atoms with Crippen LogP contribution in [0.2, 0.25) is 10.0 Å². The van der Waals surface area contributed by atoms with E-state index in [1.165, 1.54) is 77.7 Å². The highest BCUT2D eigenvalue weighted by Crippen LogP contribution is 2.54.